The molecular formula is C26H24N6O4. The second kappa shape index (κ2) is 9.87. The predicted octanol–water partition coefficient (Wildman–Crippen LogP) is 1.95. The number of aromatic amines is 1. The number of carbonyl (C=O) groups excluding carboxylic acids is 1. The van der Waals surface area contributed by atoms with E-state index in [2.05, 4.69) is 19.9 Å². The lowest BCUT2D eigenvalue weighted by molar-refractivity contribution is 0.0743. The summed E-state index contributed by atoms with van der Waals surface area (Å²) >= 11 is 0. The first kappa shape index (κ1) is 23.0. The average molecular weight is 485 g/mol. The third-order valence-corrected chi connectivity index (χ3v) is 6.15. The number of aromatic nitrogens is 4. The van der Waals surface area contributed by atoms with Crippen LogP contribution in [0.4, 0.5) is 5.82 Å². The van der Waals surface area contributed by atoms with E-state index in [-0.39, 0.29) is 5.56 Å². The number of nitrogens with zero attached hydrogens (tertiary/aromatic N) is 5. The van der Waals surface area contributed by atoms with Crippen molar-refractivity contribution in [1.29, 1.82) is 0 Å². The molecule has 1 N–H and O–H groups in total. The monoisotopic (exact) mass is 484 g/mol. The lowest BCUT2D eigenvalue weighted by atomic mass is 10.1. The lowest BCUT2D eigenvalue weighted by Gasteiger charge is -2.35. The SMILES string of the molecule is COc1ccc(-n2c(=O)[nH]cc(C(=O)N3CCN(c4cc(-c5ccccc5)ncn4)CC3)c2=O)cc1. The van der Waals surface area contributed by atoms with Gasteiger partial charge in [-0.15, -0.1) is 0 Å². The van der Waals surface area contributed by atoms with Crippen molar-refractivity contribution >= 4 is 11.7 Å². The molecular weight excluding hydrogens is 460 g/mol. The van der Waals surface area contributed by atoms with Crippen molar-refractivity contribution in [3.05, 3.63) is 99.6 Å². The van der Waals surface area contributed by atoms with E-state index in [9.17, 15) is 14.4 Å². The molecule has 0 aliphatic carbocycles. The first-order valence-corrected chi connectivity index (χ1v) is 11.5. The molecule has 1 aliphatic heterocycles. The molecule has 2 aromatic heterocycles. The van der Waals surface area contributed by atoms with Gasteiger partial charge in [-0.25, -0.2) is 19.3 Å². The van der Waals surface area contributed by atoms with E-state index in [4.69, 9.17) is 4.74 Å². The van der Waals surface area contributed by atoms with Gasteiger partial charge in [0.25, 0.3) is 11.5 Å². The number of nitrogens with one attached hydrogen (secondary N) is 1. The molecule has 5 rings (SSSR count). The van der Waals surface area contributed by atoms with E-state index >= 15 is 0 Å². The molecule has 0 bridgehead atoms. The quantitative estimate of drug-likeness (QED) is 0.461. The van der Waals surface area contributed by atoms with Gasteiger partial charge in [-0.3, -0.25) is 9.59 Å². The van der Waals surface area contributed by atoms with Crippen LogP contribution in [0.3, 0.4) is 0 Å². The summed E-state index contributed by atoms with van der Waals surface area (Å²) in [5.41, 5.74) is 0.795. The number of benzene rings is 2. The molecule has 0 unspecified atom stereocenters. The van der Waals surface area contributed by atoms with E-state index in [1.807, 2.05) is 36.4 Å². The zero-order valence-electron chi connectivity index (χ0n) is 19.6. The van der Waals surface area contributed by atoms with Gasteiger partial charge in [0.05, 0.1) is 18.5 Å². The molecule has 1 aliphatic rings. The maximum atomic E-state index is 13.2. The van der Waals surface area contributed by atoms with Crippen LogP contribution in [0, 0.1) is 0 Å². The molecule has 0 atom stereocenters. The number of H-pyrrole nitrogens is 1. The smallest absolute Gasteiger partial charge is 0.333 e. The number of amides is 1. The normalized spacial score (nSPS) is 13.5. The van der Waals surface area contributed by atoms with Crippen LogP contribution in [0.2, 0.25) is 0 Å². The van der Waals surface area contributed by atoms with Gasteiger partial charge in [-0.2, -0.15) is 0 Å². The Balaban J connectivity index is 1.33. The van der Waals surface area contributed by atoms with Gasteiger partial charge in [-0.1, -0.05) is 30.3 Å². The summed E-state index contributed by atoms with van der Waals surface area (Å²) in [5.74, 6) is 0.945. The first-order valence-electron chi connectivity index (χ1n) is 11.5. The number of ether oxygens (including phenoxy) is 1. The van der Waals surface area contributed by atoms with Crippen LogP contribution in [0.1, 0.15) is 10.4 Å². The number of hydrogen-bond donors (Lipinski definition) is 1. The van der Waals surface area contributed by atoms with E-state index in [0.717, 1.165) is 21.6 Å². The predicted molar refractivity (Wildman–Crippen MR) is 135 cm³/mol. The Hall–Kier alpha value is -4.73. The Bertz CT molecular complexity index is 1490. The van der Waals surface area contributed by atoms with Gasteiger partial charge < -0.3 is 19.5 Å². The van der Waals surface area contributed by atoms with Crippen LogP contribution in [-0.2, 0) is 0 Å². The number of piperazine rings is 1. The minimum Gasteiger partial charge on any atom is -0.497 e. The van der Waals surface area contributed by atoms with Crippen molar-refractivity contribution in [3.63, 3.8) is 0 Å². The molecule has 3 heterocycles. The molecule has 0 radical (unpaired) electrons. The van der Waals surface area contributed by atoms with E-state index < -0.39 is 17.2 Å². The Kier molecular flexibility index (Phi) is 6.31. The second-order valence-electron chi connectivity index (χ2n) is 8.25. The van der Waals surface area contributed by atoms with Crippen LogP contribution < -0.4 is 20.9 Å². The zero-order chi connectivity index (χ0) is 25.1. The summed E-state index contributed by atoms with van der Waals surface area (Å²) in [6.45, 7) is 1.91. The fraction of sp³-hybridized carbons (Fsp3) is 0.192. The van der Waals surface area contributed by atoms with Crippen molar-refractivity contribution in [2.75, 3.05) is 38.2 Å². The molecule has 1 saturated heterocycles. The molecule has 0 saturated carbocycles. The Morgan fingerprint density at radius 3 is 2.36 bits per heavy atom. The van der Waals surface area contributed by atoms with Gasteiger partial charge >= 0.3 is 5.69 Å². The zero-order valence-corrected chi connectivity index (χ0v) is 19.6. The molecule has 0 spiro atoms. The number of anilines is 1. The van der Waals surface area contributed by atoms with E-state index in [1.54, 1.807) is 29.2 Å². The third-order valence-electron chi connectivity index (χ3n) is 6.15. The van der Waals surface area contributed by atoms with Gasteiger partial charge in [0.15, 0.2) is 0 Å². The Morgan fingerprint density at radius 2 is 1.67 bits per heavy atom. The van der Waals surface area contributed by atoms with Crippen molar-refractivity contribution in [3.8, 4) is 22.7 Å². The fourth-order valence-electron chi connectivity index (χ4n) is 4.19. The van der Waals surface area contributed by atoms with Crippen molar-refractivity contribution in [1.82, 2.24) is 24.4 Å². The summed E-state index contributed by atoms with van der Waals surface area (Å²) in [4.78, 5) is 53.7. The topological polar surface area (TPSA) is 113 Å². The van der Waals surface area contributed by atoms with Crippen LogP contribution in [0.15, 0.2) is 82.8 Å². The summed E-state index contributed by atoms with van der Waals surface area (Å²) in [5, 5.41) is 0. The third kappa shape index (κ3) is 4.48. The molecule has 4 aromatic rings. The Labute approximate surface area is 206 Å². The number of hydrogen-bond acceptors (Lipinski definition) is 7. The van der Waals surface area contributed by atoms with Crippen molar-refractivity contribution in [2.45, 2.75) is 0 Å². The molecule has 1 fully saturated rings. The highest BCUT2D eigenvalue weighted by Gasteiger charge is 2.26. The van der Waals surface area contributed by atoms with Gasteiger partial charge in [-0.05, 0) is 24.3 Å². The second-order valence-corrected chi connectivity index (χ2v) is 8.25. The average Bonchev–Trinajstić information content (AvgIpc) is 2.94. The van der Waals surface area contributed by atoms with E-state index in [1.165, 1.54) is 19.6 Å². The van der Waals surface area contributed by atoms with E-state index in [0.29, 0.717) is 37.6 Å². The lowest BCUT2D eigenvalue weighted by Crippen LogP contribution is -2.50. The highest BCUT2D eigenvalue weighted by molar-refractivity contribution is 5.93. The highest BCUT2D eigenvalue weighted by Crippen LogP contribution is 2.21. The van der Waals surface area contributed by atoms with Gasteiger partial charge in [0.1, 0.15) is 23.5 Å². The molecule has 1 amide bonds. The largest absolute Gasteiger partial charge is 0.497 e. The van der Waals surface area contributed by atoms with Crippen LogP contribution in [-0.4, -0.2) is 63.6 Å². The first-order chi connectivity index (χ1) is 17.5. The summed E-state index contributed by atoms with van der Waals surface area (Å²) < 4.78 is 6.08. The summed E-state index contributed by atoms with van der Waals surface area (Å²) in [6, 6.07) is 18.3. The maximum Gasteiger partial charge on any atom is 0.333 e. The summed E-state index contributed by atoms with van der Waals surface area (Å²) in [7, 11) is 1.53. The number of carbonyl (C=O) groups is 1. The van der Waals surface area contributed by atoms with Crippen molar-refractivity contribution < 1.29 is 9.53 Å². The number of methoxy groups -OCH3 is 1. The van der Waals surface area contributed by atoms with Gasteiger partial charge in [0, 0.05) is 44.0 Å². The number of rotatable bonds is 5. The van der Waals surface area contributed by atoms with Crippen LogP contribution in [0.25, 0.3) is 16.9 Å². The van der Waals surface area contributed by atoms with Crippen LogP contribution in [0.5, 0.6) is 5.75 Å². The van der Waals surface area contributed by atoms with Crippen molar-refractivity contribution in [2.24, 2.45) is 0 Å². The molecule has 2 aromatic carbocycles. The Morgan fingerprint density at radius 1 is 0.944 bits per heavy atom. The maximum absolute atomic E-state index is 13.2. The molecule has 182 valence electrons. The van der Waals surface area contributed by atoms with Crippen LogP contribution >= 0.6 is 0 Å². The fourth-order valence-corrected chi connectivity index (χ4v) is 4.19. The van der Waals surface area contributed by atoms with Gasteiger partial charge in [0.2, 0.25) is 0 Å². The standard InChI is InChI=1S/C26H24N6O4/c1-36-20-9-7-19(8-10-20)32-25(34)21(16-27-26(32)35)24(33)31-13-11-30(12-14-31)23-15-22(28-17-29-23)18-5-3-2-4-6-18/h2-10,15-17H,11-14H2,1H3,(H,27,35). The molecule has 10 nitrogen and oxygen atoms in total. The molecule has 10 heteroatoms. The minimum absolute atomic E-state index is 0.0905. The summed E-state index contributed by atoms with van der Waals surface area (Å²) in [6.07, 6.45) is 2.73. The molecule has 36 heavy (non-hydrogen) atoms. The minimum atomic E-state index is -0.667. The highest BCUT2D eigenvalue weighted by atomic mass is 16.5.